The molecular weight excluding hydrogens is 512 g/mol. The van der Waals surface area contributed by atoms with Crippen LogP contribution in [0.3, 0.4) is 0 Å². The number of carbonyl (C=O) groups excluding carboxylic acids is 1. The first-order valence-corrected chi connectivity index (χ1v) is 12.2. The summed E-state index contributed by atoms with van der Waals surface area (Å²) in [7, 11) is -2.46. The van der Waals surface area contributed by atoms with E-state index in [1.165, 1.54) is 43.5 Å². The van der Waals surface area contributed by atoms with Crippen molar-refractivity contribution < 1.29 is 22.9 Å². The number of halogens is 1. The third-order valence-electron chi connectivity index (χ3n) is 4.99. The van der Waals surface area contributed by atoms with E-state index in [4.69, 9.17) is 4.74 Å². The molecule has 0 bridgehead atoms. The highest BCUT2D eigenvalue weighted by Crippen LogP contribution is 2.30. The van der Waals surface area contributed by atoms with Gasteiger partial charge in [-0.2, -0.15) is 0 Å². The van der Waals surface area contributed by atoms with E-state index in [2.05, 4.69) is 20.7 Å². The van der Waals surface area contributed by atoms with Gasteiger partial charge in [0.1, 0.15) is 5.75 Å². The summed E-state index contributed by atoms with van der Waals surface area (Å²) in [5.74, 6) is 0.143. The number of ketones is 1. The maximum atomic E-state index is 13.2. The molecule has 0 aliphatic carbocycles. The average Bonchev–Trinajstić information content (AvgIpc) is 2.82. The van der Waals surface area contributed by atoms with Crippen LogP contribution in [0.2, 0.25) is 0 Å². The topological polar surface area (TPSA) is 116 Å². The van der Waals surface area contributed by atoms with Gasteiger partial charge in [0, 0.05) is 17.7 Å². The van der Waals surface area contributed by atoms with Crippen LogP contribution < -0.4 is 9.46 Å². The standard InChI is InChI=1S/C23H21BrN2O6S/c1-15-3-13-20(14-4-15)33(30,31)25-22(16-7-11-19(32-2)12-8-16)21(24)23(27)17-5-9-18(10-6-17)26(28)29/h3-14,21-22,25H,1-2H3/t21-,22-/m0/s1. The van der Waals surface area contributed by atoms with Crippen LogP contribution in [-0.4, -0.2) is 31.1 Å². The lowest BCUT2D eigenvalue weighted by Crippen LogP contribution is -2.37. The minimum Gasteiger partial charge on any atom is -0.497 e. The largest absolute Gasteiger partial charge is 0.497 e. The first kappa shape index (κ1) is 24.6. The van der Waals surface area contributed by atoms with E-state index in [9.17, 15) is 23.3 Å². The molecule has 0 spiro atoms. The molecule has 0 heterocycles. The molecule has 0 aliphatic rings. The number of hydrogen-bond acceptors (Lipinski definition) is 6. The highest BCUT2D eigenvalue weighted by atomic mass is 79.9. The van der Waals surface area contributed by atoms with Gasteiger partial charge in [-0.3, -0.25) is 14.9 Å². The molecule has 0 saturated carbocycles. The van der Waals surface area contributed by atoms with Crippen molar-refractivity contribution in [2.24, 2.45) is 0 Å². The van der Waals surface area contributed by atoms with E-state index < -0.39 is 31.6 Å². The van der Waals surface area contributed by atoms with Crippen molar-refractivity contribution in [2.45, 2.75) is 22.7 Å². The van der Waals surface area contributed by atoms with Crippen molar-refractivity contribution in [1.29, 1.82) is 0 Å². The molecule has 3 rings (SSSR count). The monoisotopic (exact) mass is 532 g/mol. The maximum Gasteiger partial charge on any atom is 0.269 e. The lowest BCUT2D eigenvalue weighted by molar-refractivity contribution is -0.384. The Bertz CT molecular complexity index is 1240. The summed E-state index contributed by atoms with van der Waals surface area (Å²) in [5.41, 5.74) is 1.50. The first-order chi connectivity index (χ1) is 15.6. The highest BCUT2D eigenvalue weighted by Gasteiger charge is 2.32. The van der Waals surface area contributed by atoms with Crippen LogP contribution in [0.15, 0.2) is 77.7 Å². The van der Waals surface area contributed by atoms with Crippen LogP contribution in [-0.2, 0) is 10.0 Å². The van der Waals surface area contributed by atoms with E-state index in [0.717, 1.165) is 5.56 Å². The fraction of sp³-hybridized carbons (Fsp3) is 0.174. The Morgan fingerprint density at radius 3 is 2.09 bits per heavy atom. The number of non-ortho nitro benzene ring substituents is 1. The number of Topliss-reactive ketones (excluding diaryl/α,β-unsaturated/α-hetero) is 1. The summed E-state index contributed by atoms with van der Waals surface area (Å²) in [5, 5.41) is 10.9. The number of nitrogens with zero attached hydrogens (tertiary/aromatic N) is 1. The van der Waals surface area contributed by atoms with Gasteiger partial charge in [-0.1, -0.05) is 45.8 Å². The second kappa shape index (κ2) is 10.2. The van der Waals surface area contributed by atoms with Gasteiger partial charge in [0.2, 0.25) is 10.0 Å². The molecule has 0 aliphatic heterocycles. The van der Waals surface area contributed by atoms with Gasteiger partial charge in [0.25, 0.3) is 5.69 Å². The molecule has 0 radical (unpaired) electrons. The fourth-order valence-electron chi connectivity index (χ4n) is 3.12. The third kappa shape index (κ3) is 5.84. The van der Waals surface area contributed by atoms with E-state index in [1.807, 2.05) is 6.92 Å². The Labute approximate surface area is 199 Å². The number of carbonyl (C=O) groups is 1. The number of ether oxygens (including phenoxy) is 1. The molecule has 33 heavy (non-hydrogen) atoms. The Hall–Kier alpha value is -3.08. The minimum atomic E-state index is -3.97. The van der Waals surface area contributed by atoms with Crippen LogP contribution in [0.1, 0.15) is 27.5 Å². The fourth-order valence-corrected chi connectivity index (χ4v) is 5.23. The maximum absolute atomic E-state index is 13.2. The van der Waals surface area contributed by atoms with Crippen molar-refractivity contribution in [3.63, 3.8) is 0 Å². The zero-order valence-electron chi connectivity index (χ0n) is 17.8. The van der Waals surface area contributed by atoms with Gasteiger partial charge in [0.15, 0.2) is 5.78 Å². The van der Waals surface area contributed by atoms with Crippen molar-refractivity contribution >= 4 is 37.4 Å². The smallest absolute Gasteiger partial charge is 0.269 e. The number of methoxy groups -OCH3 is 1. The summed E-state index contributed by atoms with van der Waals surface area (Å²) >= 11 is 3.36. The zero-order chi connectivity index (χ0) is 24.2. The van der Waals surface area contributed by atoms with Gasteiger partial charge < -0.3 is 4.74 Å². The summed E-state index contributed by atoms with van der Waals surface area (Å²) < 4.78 is 34.0. The Kier molecular flexibility index (Phi) is 7.62. The van der Waals surface area contributed by atoms with Gasteiger partial charge in [-0.25, -0.2) is 13.1 Å². The number of benzene rings is 3. The third-order valence-corrected chi connectivity index (χ3v) is 7.40. The number of sulfonamides is 1. The summed E-state index contributed by atoms with van der Waals surface area (Å²) in [6, 6.07) is 17.2. The van der Waals surface area contributed by atoms with Crippen molar-refractivity contribution in [3.8, 4) is 5.75 Å². The first-order valence-electron chi connectivity index (χ1n) is 9.78. The van der Waals surface area contributed by atoms with Gasteiger partial charge in [0.05, 0.1) is 27.8 Å². The van der Waals surface area contributed by atoms with E-state index in [-0.39, 0.29) is 16.1 Å². The molecule has 0 amide bonds. The zero-order valence-corrected chi connectivity index (χ0v) is 20.2. The Balaban J connectivity index is 1.97. The van der Waals surface area contributed by atoms with E-state index in [0.29, 0.717) is 11.3 Å². The average molecular weight is 533 g/mol. The molecule has 0 saturated heterocycles. The summed E-state index contributed by atoms with van der Waals surface area (Å²) in [6.07, 6.45) is 0. The number of nitrogens with one attached hydrogen (secondary N) is 1. The summed E-state index contributed by atoms with van der Waals surface area (Å²) in [6.45, 7) is 1.85. The number of hydrogen-bond donors (Lipinski definition) is 1. The van der Waals surface area contributed by atoms with Crippen LogP contribution in [0.4, 0.5) is 5.69 Å². The molecule has 0 unspecified atom stereocenters. The Morgan fingerprint density at radius 2 is 1.58 bits per heavy atom. The number of rotatable bonds is 9. The van der Waals surface area contributed by atoms with Gasteiger partial charge >= 0.3 is 0 Å². The quantitative estimate of drug-likeness (QED) is 0.186. The molecule has 0 fully saturated rings. The SMILES string of the molecule is COc1ccc([C@H](NS(=O)(=O)c2ccc(C)cc2)[C@H](Br)C(=O)c2ccc([N+](=O)[O-])cc2)cc1. The molecule has 3 aromatic carbocycles. The number of aryl methyl sites for hydroxylation is 1. The predicted molar refractivity (Wildman–Crippen MR) is 127 cm³/mol. The molecule has 10 heteroatoms. The second-order valence-electron chi connectivity index (χ2n) is 7.26. The van der Waals surface area contributed by atoms with E-state index in [1.54, 1.807) is 36.4 Å². The molecule has 2 atom stereocenters. The molecule has 1 N–H and O–H groups in total. The van der Waals surface area contributed by atoms with Gasteiger partial charge in [-0.05, 0) is 48.9 Å². The van der Waals surface area contributed by atoms with Crippen LogP contribution in [0.25, 0.3) is 0 Å². The lowest BCUT2D eigenvalue weighted by atomic mass is 9.98. The lowest BCUT2D eigenvalue weighted by Gasteiger charge is -2.24. The summed E-state index contributed by atoms with van der Waals surface area (Å²) in [4.78, 5) is 22.6. The molecular formula is C23H21BrN2O6S. The number of alkyl halides is 1. The molecule has 3 aromatic rings. The molecule has 172 valence electrons. The normalized spacial score (nSPS) is 13.2. The van der Waals surface area contributed by atoms with Gasteiger partial charge in [-0.15, -0.1) is 0 Å². The van der Waals surface area contributed by atoms with Crippen LogP contribution in [0, 0.1) is 17.0 Å². The number of nitro benzene ring substituents is 1. The van der Waals surface area contributed by atoms with Crippen LogP contribution >= 0.6 is 15.9 Å². The minimum absolute atomic E-state index is 0.0640. The second-order valence-corrected chi connectivity index (χ2v) is 9.96. The van der Waals surface area contributed by atoms with Crippen molar-refractivity contribution in [3.05, 3.63) is 99.6 Å². The van der Waals surface area contributed by atoms with E-state index >= 15 is 0 Å². The highest BCUT2D eigenvalue weighted by molar-refractivity contribution is 9.10. The molecule has 8 nitrogen and oxygen atoms in total. The molecule has 0 aromatic heterocycles. The number of nitro groups is 1. The van der Waals surface area contributed by atoms with Crippen molar-refractivity contribution in [1.82, 2.24) is 4.72 Å². The Morgan fingerprint density at radius 1 is 1.00 bits per heavy atom. The van der Waals surface area contributed by atoms with Crippen molar-refractivity contribution in [2.75, 3.05) is 7.11 Å². The van der Waals surface area contributed by atoms with Crippen LogP contribution in [0.5, 0.6) is 5.75 Å². The predicted octanol–water partition coefficient (Wildman–Crippen LogP) is 4.58.